The number of rotatable bonds is 4. The number of piperidine rings is 1. The van der Waals surface area contributed by atoms with E-state index in [1.54, 1.807) is 11.3 Å². The van der Waals surface area contributed by atoms with Crippen LogP contribution in [-0.4, -0.2) is 33.9 Å². The Hall–Kier alpha value is -2.44. The molecule has 4 nitrogen and oxygen atoms in total. The monoisotopic (exact) mass is 507 g/mol. The summed E-state index contributed by atoms with van der Waals surface area (Å²) in [4.78, 5) is 24.8. The predicted octanol–water partition coefficient (Wildman–Crippen LogP) is 6.62. The number of H-pyrrole nitrogens is 1. The van der Waals surface area contributed by atoms with Gasteiger partial charge in [0.05, 0.1) is 17.1 Å². The number of carbonyl (C=O) groups is 1. The average molecular weight is 508 g/mol. The van der Waals surface area contributed by atoms with E-state index in [1.807, 2.05) is 17.0 Å². The van der Waals surface area contributed by atoms with E-state index in [1.165, 1.54) is 9.88 Å². The van der Waals surface area contributed by atoms with Gasteiger partial charge in [0.15, 0.2) is 0 Å². The zero-order chi connectivity index (χ0) is 22.2. The minimum absolute atomic E-state index is 0.224. The van der Waals surface area contributed by atoms with Crippen molar-refractivity contribution in [1.29, 1.82) is 0 Å². The maximum absolute atomic E-state index is 13.1. The number of aromatic amines is 1. The lowest BCUT2D eigenvalue weighted by Gasteiger charge is -2.31. The summed E-state index contributed by atoms with van der Waals surface area (Å²) in [7, 11) is 0. The second-order valence-corrected chi connectivity index (χ2v) is 10.7. The molecule has 32 heavy (non-hydrogen) atoms. The Kier molecular flexibility index (Phi) is 5.91. The number of nitrogens with one attached hydrogen (secondary N) is 1. The van der Waals surface area contributed by atoms with Crippen LogP contribution in [0.4, 0.5) is 0 Å². The lowest BCUT2D eigenvalue weighted by molar-refractivity contribution is -0.131. The van der Waals surface area contributed by atoms with E-state index in [9.17, 15) is 4.79 Å². The van der Waals surface area contributed by atoms with Crippen molar-refractivity contribution in [1.82, 2.24) is 14.9 Å². The standard InChI is InChI=1S/C26H26BrN3OS/c1-16-22(21-5-3-4-6-23(21)28-16)15-24(31)30-13-11-19(12-14-30)26-29-25(17(2)32-26)18-7-9-20(27)10-8-18/h3-10,19,28H,11-15H2,1-2H3. The molecule has 4 aromatic rings. The van der Waals surface area contributed by atoms with Gasteiger partial charge in [-0.05, 0) is 50.5 Å². The first kappa shape index (κ1) is 21.4. The van der Waals surface area contributed by atoms with Gasteiger partial charge < -0.3 is 9.88 Å². The van der Waals surface area contributed by atoms with Crippen LogP contribution in [-0.2, 0) is 11.2 Å². The van der Waals surface area contributed by atoms with Crippen molar-refractivity contribution in [2.45, 2.75) is 39.0 Å². The molecule has 1 N–H and O–H groups in total. The van der Waals surface area contributed by atoms with Crippen molar-refractivity contribution in [3.8, 4) is 11.3 Å². The number of halogens is 1. The van der Waals surface area contributed by atoms with Crippen LogP contribution in [0.25, 0.3) is 22.2 Å². The van der Waals surface area contributed by atoms with Crippen LogP contribution in [0.1, 0.15) is 39.9 Å². The SMILES string of the molecule is Cc1[nH]c2ccccc2c1CC(=O)N1CCC(c2nc(-c3ccc(Br)cc3)c(C)s2)CC1. The van der Waals surface area contributed by atoms with E-state index >= 15 is 0 Å². The number of aryl methyl sites for hydroxylation is 2. The molecule has 0 aliphatic carbocycles. The van der Waals surface area contributed by atoms with Crippen molar-refractivity contribution >= 4 is 44.1 Å². The molecule has 0 saturated carbocycles. The number of benzene rings is 2. The van der Waals surface area contributed by atoms with Gasteiger partial charge in [-0.25, -0.2) is 4.98 Å². The molecule has 0 unspecified atom stereocenters. The molecule has 3 heterocycles. The molecular formula is C26H26BrN3OS. The molecule has 1 aliphatic heterocycles. The molecule has 1 aliphatic rings. The molecule has 2 aromatic carbocycles. The molecule has 1 saturated heterocycles. The number of hydrogen-bond donors (Lipinski definition) is 1. The van der Waals surface area contributed by atoms with Gasteiger partial charge in [0, 0.05) is 50.5 Å². The second kappa shape index (κ2) is 8.83. The first-order valence-electron chi connectivity index (χ1n) is 11.1. The molecule has 1 amide bonds. The summed E-state index contributed by atoms with van der Waals surface area (Å²) < 4.78 is 1.08. The summed E-state index contributed by atoms with van der Waals surface area (Å²) in [5, 5.41) is 2.37. The molecule has 0 spiro atoms. The van der Waals surface area contributed by atoms with Crippen LogP contribution in [0.5, 0.6) is 0 Å². The van der Waals surface area contributed by atoms with Crippen molar-refractivity contribution in [2.75, 3.05) is 13.1 Å². The minimum atomic E-state index is 0.224. The highest BCUT2D eigenvalue weighted by molar-refractivity contribution is 9.10. The highest BCUT2D eigenvalue weighted by Crippen LogP contribution is 2.36. The molecule has 1 fully saturated rings. The molecule has 164 valence electrons. The van der Waals surface area contributed by atoms with Crippen LogP contribution in [0.3, 0.4) is 0 Å². The van der Waals surface area contributed by atoms with Crippen molar-refractivity contribution in [2.24, 2.45) is 0 Å². The summed E-state index contributed by atoms with van der Waals surface area (Å²) in [6.07, 6.45) is 2.42. The van der Waals surface area contributed by atoms with Gasteiger partial charge in [0.2, 0.25) is 5.91 Å². The van der Waals surface area contributed by atoms with Crippen molar-refractivity contribution < 1.29 is 4.79 Å². The topological polar surface area (TPSA) is 49.0 Å². The fourth-order valence-corrected chi connectivity index (χ4v) is 6.05. The zero-order valence-electron chi connectivity index (χ0n) is 18.3. The third-order valence-corrected chi connectivity index (χ3v) is 8.14. The maximum atomic E-state index is 13.1. The smallest absolute Gasteiger partial charge is 0.227 e. The first-order valence-corrected chi connectivity index (χ1v) is 12.7. The van der Waals surface area contributed by atoms with Crippen LogP contribution >= 0.6 is 27.3 Å². The third-order valence-electron chi connectivity index (χ3n) is 6.48. The Morgan fingerprint density at radius 1 is 1.12 bits per heavy atom. The van der Waals surface area contributed by atoms with Gasteiger partial charge in [-0.1, -0.05) is 46.3 Å². The van der Waals surface area contributed by atoms with E-state index < -0.39 is 0 Å². The maximum Gasteiger partial charge on any atom is 0.227 e. The Labute approximate surface area is 200 Å². The average Bonchev–Trinajstić information content (AvgIpc) is 3.34. The summed E-state index contributed by atoms with van der Waals surface area (Å²) in [6.45, 7) is 5.82. The third kappa shape index (κ3) is 4.14. The quantitative estimate of drug-likeness (QED) is 0.337. The molecule has 0 atom stereocenters. The molecular weight excluding hydrogens is 482 g/mol. The zero-order valence-corrected chi connectivity index (χ0v) is 20.7. The Balaban J connectivity index is 1.25. The predicted molar refractivity (Wildman–Crippen MR) is 135 cm³/mol. The Bertz CT molecular complexity index is 1270. The van der Waals surface area contributed by atoms with Crippen LogP contribution in [0.15, 0.2) is 53.0 Å². The molecule has 2 aromatic heterocycles. The largest absolute Gasteiger partial charge is 0.358 e. The van der Waals surface area contributed by atoms with E-state index in [2.05, 4.69) is 71.2 Å². The van der Waals surface area contributed by atoms with Gasteiger partial charge in [-0.15, -0.1) is 11.3 Å². The molecule has 0 radical (unpaired) electrons. The molecule has 6 heteroatoms. The van der Waals surface area contributed by atoms with Crippen LogP contribution in [0.2, 0.25) is 0 Å². The molecule has 5 rings (SSSR count). The summed E-state index contributed by atoms with van der Waals surface area (Å²) in [5.74, 6) is 0.656. The van der Waals surface area contributed by atoms with E-state index in [0.29, 0.717) is 12.3 Å². The number of aromatic nitrogens is 2. The highest BCUT2D eigenvalue weighted by atomic mass is 79.9. The van der Waals surface area contributed by atoms with Gasteiger partial charge in [-0.2, -0.15) is 0 Å². The lowest BCUT2D eigenvalue weighted by Crippen LogP contribution is -2.38. The lowest BCUT2D eigenvalue weighted by atomic mass is 9.96. The summed E-state index contributed by atoms with van der Waals surface area (Å²) in [5.41, 5.74) is 5.57. The number of carbonyl (C=O) groups excluding carboxylic acids is 1. The number of amides is 1. The van der Waals surface area contributed by atoms with Gasteiger partial charge in [0.25, 0.3) is 0 Å². The fraction of sp³-hybridized carbons (Fsp3) is 0.308. The van der Waals surface area contributed by atoms with E-state index in [0.717, 1.165) is 63.8 Å². The van der Waals surface area contributed by atoms with E-state index in [-0.39, 0.29) is 5.91 Å². The minimum Gasteiger partial charge on any atom is -0.358 e. The van der Waals surface area contributed by atoms with E-state index in [4.69, 9.17) is 4.98 Å². The number of hydrogen-bond acceptors (Lipinski definition) is 3. The van der Waals surface area contributed by atoms with Crippen LogP contribution < -0.4 is 0 Å². The van der Waals surface area contributed by atoms with Gasteiger partial charge in [-0.3, -0.25) is 4.79 Å². The first-order chi connectivity index (χ1) is 15.5. The number of likely N-dealkylation sites (tertiary alicyclic amines) is 1. The number of nitrogens with zero attached hydrogens (tertiary/aromatic N) is 2. The fourth-order valence-electron chi connectivity index (χ4n) is 4.67. The number of para-hydroxylation sites is 1. The Morgan fingerprint density at radius 3 is 2.59 bits per heavy atom. The van der Waals surface area contributed by atoms with Crippen LogP contribution in [0, 0.1) is 13.8 Å². The van der Waals surface area contributed by atoms with Gasteiger partial charge in [0.1, 0.15) is 0 Å². The summed E-state index contributed by atoms with van der Waals surface area (Å²) >= 11 is 5.31. The second-order valence-electron chi connectivity index (χ2n) is 8.57. The Morgan fingerprint density at radius 2 is 1.84 bits per heavy atom. The normalized spacial score (nSPS) is 14.9. The van der Waals surface area contributed by atoms with Crippen molar-refractivity contribution in [3.05, 3.63) is 74.1 Å². The van der Waals surface area contributed by atoms with Gasteiger partial charge >= 0.3 is 0 Å². The number of fused-ring (bicyclic) bond motifs is 1. The number of thiazole rings is 1. The van der Waals surface area contributed by atoms with Crippen molar-refractivity contribution in [3.63, 3.8) is 0 Å². The molecule has 0 bridgehead atoms. The summed E-state index contributed by atoms with van der Waals surface area (Å²) in [6, 6.07) is 16.6. The highest BCUT2D eigenvalue weighted by Gasteiger charge is 2.27.